The van der Waals surface area contributed by atoms with Crippen LogP contribution in [0.5, 0.6) is 5.75 Å². The Bertz CT molecular complexity index is 977. The van der Waals surface area contributed by atoms with E-state index in [2.05, 4.69) is 4.99 Å². The van der Waals surface area contributed by atoms with Crippen molar-refractivity contribution in [2.45, 2.75) is 12.6 Å². The SMILES string of the molecule is COC(=O)c1ccc(COc2cccc(C(N=C=O)c3ccccc3)c2)cc1. The summed E-state index contributed by atoms with van der Waals surface area (Å²) in [4.78, 5) is 26.3. The summed E-state index contributed by atoms with van der Waals surface area (Å²) in [6.45, 7) is 0.345. The molecular formula is C23H19NO4. The van der Waals surface area contributed by atoms with Gasteiger partial charge < -0.3 is 9.47 Å². The number of carbonyl (C=O) groups is 1. The quantitative estimate of drug-likeness (QED) is 0.348. The number of esters is 1. The van der Waals surface area contributed by atoms with Crippen LogP contribution in [0.3, 0.4) is 0 Å². The minimum absolute atomic E-state index is 0.345. The van der Waals surface area contributed by atoms with Crippen LogP contribution in [0.2, 0.25) is 0 Å². The van der Waals surface area contributed by atoms with Crippen LogP contribution in [0.4, 0.5) is 0 Å². The average Bonchev–Trinajstić information content (AvgIpc) is 2.76. The predicted molar refractivity (Wildman–Crippen MR) is 105 cm³/mol. The Morgan fingerprint density at radius 3 is 2.36 bits per heavy atom. The Hall–Kier alpha value is -3.69. The molecule has 0 amide bonds. The first-order valence-corrected chi connectivity index (χ1v) is 8.73. The molecule has 0 aliphatic heterocycles. The number of isocyanates is 1. The molecule has 0 bridgehead atoms. The first-order valence-electron chi connectivity index (χ1n) is 8.73. The maximum atomic E-state index is 11.5. The second kappa shape index (κ2) is 9.31. The van der Waals surface area contributed by atoms with Crippen LogP contribution in [0.1, 0.15) is 33.1 Å². The van der Waals surface area contributed by atoms with Gasteiger partial charge in [-0.2, -0.15) is 4.99 Å². The lowest BCUT2D eigenvalue weighted by Crippen LogP contribution is -2.02. The van der Waals surface area contributed by atoms with Crippen molar-refractivity contribution < 1.29 is 19.1 Å². The molecule has 5 heteroatoms. The number of aliphatic imine (C=N–C) groups is 1. The van der Waals surface area contributed by atoms with Crippen LogP contribution in [0, 0.1) is 0 Å². The zero-order chi connectivity index (χ0) is 19.8. The Kier molecular flexibility index (Phi) is 6.34. The second-order valence-electron chi connectivity index (χ2n) is 6.08. The number of nitrogens with zero attached hydrogens (tertiary/aromatic N) is 1. The molecule has 0 heterocycles. The molecule has 1 unspecified atom stereocenters. The standard InChI is InChI=1S/C23H19NO4/c1-27-23(26)19-12-10-17(11-13-19)15-28-21-9-5-8-20(14-21)22(24-16-25)18-6-3-2-4-7-18/h2-14,22H,15H2,1H3. The van der Waals surface area contributed by atoms with E-state index in [1.165, 1.54) is 7.11 Å². The topological polar surface area (TPSA) is 65.0 Å². The van der Waals surface area contributed by atoms with E-state index in [-0.39, 0.29) is 5.97 Å². The number of hydrogen-bond acceptors (Lipinski definition) is 5. The van der Waals surface area contributed by atoms with Crippen molar-refractivity contribution in [2.75, 3.05) is 7.11 Å². The highest BCUT2D eigenvalue weighted by atomic mass is 16.5. The van der Waals surface area contributed by atoms with Crippen LogP contribution in [0.25, 0.3) is 0 Å². The first kappa shape index (κ1) is 19.1. The third-order valence-corrected chi connectivity index (χ3v) is 4.25. The number of ether oxygens (including phenoxy) is 2. The van der Waals surface area contributed by atoms with Crippen molar-refractivity contribution in [3.8, 4) is 5.75 Å². The molecule has 0 N–H and O–H groups in total. The van der Waals surface area contributed by atoms with E-state index in [9.17, 15) is 9.59 Å². The third kappa shape index (κ3) is 4.72. The van der Waals surface area contributed by atoms with E-state index in [1.807, 2.05) is 66.7 Å². The fourth-order valence-electron chi connectivity index (χ4n) is 2.83. The lowest BCUT2D eigenvalue weighted by Gasteiger charge is -2.13. The van der Waals surface area contributed by atoms with Gasteiger partial charge >= 0.3 is 5.97 Å². The highest BCUT2D eigenvalue weighted by molar-refractivity contribution is 5.89. The van der Waals surface area contributed by atoms with Crippen molar-refractivity contribution in [1.29, 1.82) is 0 Å². The van der Waals surface area contributed by atoms with Gasteiger partial charge in [0.1, 0.15) is 18.4 Å². The molecule has 28 heavy (non-hydrogen) atoms. The molecule has 0 fully saturated rings. The third-order valence-electron chi connectivity index (χ3n) is 4.25. The van der Waals surface area contributed by atoms with E-state index in [0.717, 1.165) is 16.7 Å². The molecule has 140 valence electrons. The van der Waals surface area contributed by atoms with Crippen molar-refractivity contribution in [1.82, 2.24) is 0 Å². The van der Waals surface area contributed by atoms with Crippen LogP contribution in [-0.4, -0.2) is 19.2 Å². The van der Waals surface area contributed by atoms with Gasteiger partial charge in [0.15, 0.2) is 0 Å². The summed E-state index contributed by atoms with van der Waals surface area (Å²) in [6, 6.07) is 23.6. The lowest BCUT2D eigenvalue weighted by molar-refractivity contribution is 0.0600. The molecule has 3 aromatic carbocycles. The first-order chi connectivity index (χ1) is 13.7. The molecule has 0 saturated heterocycles. The normalized spacial score (nSPS) is 11.2. The number of benzene rings is 3. The van der Waals surface area contributed by atoms with E-state index < -0.39 is 6.04 Å². The van der Waals surface area contributed by atoms with Crippen LogP contribution < -0.4 is 4.74 Å². The van der Waals surface area contributed by atoms with E-state index in [0.29, 0.717) is 17.9 Å². The van der Waals surface area contributed by atoms with E-state index in [4.69, 9.17) is 9.47 Å². The minimum Gasteiger partial charge on any atom is -0.489 e. The van der Waals surface area contributed by atoms with Gasteiger partial charge in [0.05, 0.1) is 12.7 Å². The van der Waals surface area contributed by atoms with Gasteiger partial charge in [0.25, 0.3) is 0 Å². The second-order valence-corrected chi connectivity index (χ2v) is 6.08. The number of carbonyl (C=O) groups excluding carboxylic acids is 2. The lowest BCUT2D eigenvalue weighted by atomic mass is 9.99. The zero-order valence-corrected chi connectivity index (χ0v) is 15.4. The van der Waals surface area contributed by atoms with Gasteiger partial charge in [0.2, 0.25) is 6.08 Å². The van der Waals surface area contributed by atoms with Crippen molar-refractivity contribution >= 4 is 12.0 Å². The molecule has 0 aliphatic carbocycles. The van der Waals surface area contributed by atoms with Gasteiger partial charge in [-0.1, -0.05) is 54.6 Å². The monoisotopic (exact) mass is 373 g/mol. The van der Waals surface area contributed by atoms with Crippen LogP contribution in [-0.2, 0) is 16.1 Å². The van der Waals surface area contributed by atoms with Gasteiger partial charge in [-0.3, -0.25) is 0 Å². The molecule has 5 nitrogen and oxygen atoms in total. The highest BCUT2D eigenvalue weighted by Crippen LogP contribution is 2.28. The summed E-state index contributed by atoms with van der Waals surface area (Å²) in [6.07, 6.45) is 1.66. The van der Waals surface area contributed by atoms with E-state index in [1.54, 1.807) is 18.2 Å². The van der Waals surface area contributed by atoms with Gasteiger partial charge in [-0.25, -0.2) is 9.59 Å². The molecule has 0 aliphatic rings. The van der Waals surface area contributed by atoms with Crippen LogP contribution >= 0.6 is 0 Å². The fourth-order valence-corrected chi connectivity index (χ4v) is 2.83. The van der Waals surface area contributed by atoms with Crippen molar-refractivity contribution in [3.63, 3.8) is 0 Å². The average molecular weight is 373 g/mol. The van der Waals surface area contributed by atoms with Gasteiger partial charge in [0, 0.05) is 0 Å². The van der Waals surface area contributed by atoms with Crippen molar-refractivity contribution in [2.24, 2.45) is 4.99 Å². The highest BCUT2D eigenvalue weighted by Gasteiger charge is 2.13. The molecule has 1 atom stereocenters. The molecule has 0 radical (unpaired) electrons. The molecule has 0 saturated carbocycles. The summed E-state index contributed by atoms with van der Waals surface area (Å²) in [5.41, 5.74) is 3.16. The Balaban J connectivity index is 1.74. The Labute approximate surface area is 163 Å². The molecule has 0 aromatic heterocycles. The number of rotatable bonds is 7. The van der Waals surface area contributed by atoms with Gasteiger partial charge in [-0.15, -0.1) is 0 Å². The summed E-state index contributed by atoms with van der Waals surface area (Å²) >= 11 is 0. The fraction of sp³-hybridized carbons (Fsp3) is 0.130. The molecule has 3 rings (SSSR count). The van der Waals surface area contributed by atoms with E-state index >= 15 is 0 Å². The smallest absolute Gasteiger partial charge is 0.337 e. The summed E-state index contributed by atoms with van der Waals surface area (Å²) < 4.78 is 10.6. The number of methoxy groups -OCH3 is 1. The molecule has 3 aromatic rings. The van der Waals surface area contributed by atoms with Gasteiger partial charge in [-0.05, 0) is 41.0 Å². The summed E-state index contributed by atoms with van der Waals surface area (Å²) in [5.74, 6) is 0.291. The maximum absolute atomic E-state index is 11.5. The van der Waals surface area contributed by atoms with Crippen molar-refractivity contribution in [3.05, 3.63) is 101 Å². The summed E-state index contributed by atoms with van der Waals surface area (Å²) in [7, 11) is 1.35. The predicted octanol–water partition coefficient (Wildman–Crippen LogP) is 4.48. The largest absolute Gasteiger partial charge is 0.489 e. The molecular weight excluding hydrogens is 354 g/mol. The summed E-state index contributed by atoms with van der Waals surface area (Å²) in [5, 5.41) is 0. The Morgan fingerprint density at radius 2 is 1.68 bits per heavy atom. The molecule has 0 spiro atoms. The minimum atomic E-state index is -0.429. The Morgan fingerprint density at radius 1 is 0.964 bits per heavy atom. The van der Waals surface area contributed by atoms with Crippen LogP contribution in [0.15, 0.2) is 83.9 Å². The number of hydrogen-bond donors (Lipinski definition) is 0. The zero-order valence-electron chi connectivity index (χ0n) is 15.4. The maximum Gasteiger partial charge on any atom is 0.337 e.